The summed E-state index contributed by atoms with van der Waals surface area (Å²) in [7, 11) is 0. The van der Waals surface area contributed by atoms with Crippen molar-refractivity contribution in [1.29, 1.82) is 0 Å². The van der Waals surface area contributed by atoms with Crippen LogP contribution in [-0.4, -0.2) is 25.5 Å². The minimum atomic E-state index is -0.323. The second-order valence-corrected chi connectivity index (χ2v) is 4.92. The highest BCUT2D eigenvalue weighted by molar-refractivity contribution is 5.97. The highest BCUT2D eigenvalue weighted by Gasteiger charge is 2.09. The summed E-state index contributed by atoms with van der Waals surface area (Å²) in [6, 6.07) is 11.6. The van der Waals surface area contributed by atoms with Gasteiger partial charge in [0.2, 0.25) is 0 Å². The van der Waals surface area contributed by atoms with Crippen molar-refractivity contribution < 1.29 is 13.9 Å². The maximum absolute atomic E-state index is 13.2. The highest BCUT2D eigenvalue weighted by Crippen LogP contribution is 2.17. The van der Waals surface area contributed by atoms with Crippen LogP contribution in [0.1, 0.15) is 15.9 Å². The minimum absolute atomic E-state index is 0.0919. The van der Waals surface area contributed by atoms with Crippen LogP contribution >= 0.6 is 0 Å². The number of nitrogens with two attached hydrogens (primary N) is 1. The number of rotatable bonds is 7. The standard InChI is InChI=1S/C17H19FN2O2/c1-12-9-13(5-6-16(12)18)17(21)11-22-15-4-2-3-14(10-15)20-8-7-19/h2-6,9-10,20H,7-8,11,19H2,1H3. The lowest BCUT2D eigenvalue weighted by Gasteiger charge is -2.09. The molecule has 0 radical (unpaired) electrons. The van der Waals surface area contributed by atoms with Crippen molar-refractivity contribution in [1.82, 2.24) is 0 Å². The zero-order valence-electron chi connectivity index (χ0n) is 12.4. The molecule has 5 heteroatoms. The van der Waals surface area contributed by atoms with Crippen LogP contribution in [0.4, 0.5) is 10.1 Å². The van der Waals surface area contributed by atoms with Crippen molar-refractivity contribution in [2.45, 2.75) is 6.92 Å². The number of carbonyl (C=O) groups excluding carboxylic acids is 1. The summed E-state index contributed by atoms with van der Waals surface area (Å²) < 4.78 is 18.7. The van der Waals surface area contributed by atoms with Gasteiger partial charge in [-0.3, -0.25) is 4.79 Å². The van der Waals surface area contributed by atoms with Crippen LogP contribution in [0.25, 0.3) is 0 Å². The first-order valence-electron chi connectivity index (χ1n) is 7.06. The van der Waals surface area contributed by atoms with Gasteiger partial charge in [-0.15, -0.1) is 0 Å². The number of Topliss-reactive ketones (excluding diaryl/α,β-unsaturated/α-hetero) is 1. The Morgan fingerprint density at radius 1 is 1.27 bits per heavy atom. The Kier molecular flexibility index (Phi) is 5.49. The van der Waals surface area contributed by atoms with Crippen molar-refractivity contribution in [2.24, 2.45) is 5.73 Å². The molecule has 116 valence electrons. The Morgan fingerprint density at radius 2 is 2.09 bits per heavy atom. The van der Waals surface area contributed by atoms with Crippen LogP contribution < -0.4 is 15.8 Å². The first-order chi connectivity index (χ1) is 10.6. The minimum Gasteiger partial charge on any atom is -0.485 e. The van der Waals surface area contributed by atoms with Gasteiger partial charge in [0, 0.05) is 30.4 Å². The molecule has 0 unspecified atom stereocenters. The smallest absolute Gasteiger partial charge is 0.200 e. The average molecular weight is 302 g/mol. The molecule has 0 aliphatic heterocycles. The molecule has 0 saturated carbocycles. The zero-order valence-corrected chi connectivity index (χ0v) is 12.4. The lowest BCUT2D eigenvalue weighted by Crippen LogP contribution is -2.14. The van der Waals surface area contributed by atoms with Gasteiger partial charge in [-0.1, -0.05) is 6.07 Å². The first-order valence-corrected chi connectivity index (χ1v) is 7.06. The van der Waals surface area contributed by atoms with E-state index in [0.717, 1.165) is 5.69 Å². The summed E-state index contributed by atoms with van der Waals surface area (Å²) in [5.41, 5.74) is 7.20. The number of anilines is 1. The number of halogens is 1. The molecule has 0 bridgehead atoms. The number of benzene rings is 2. The largest absolute Gasteiger partial charge is 0.485 e. The molecule has 2 rings (SSSR count). The molecule has 22 heavy (non-hydrogen) atoms. The van der Waals surface area contributed by atoms with E-state index in [4.69, 9.17) is 10.5 Å². The van der Waals surface area contributed by atoms with Crippen LogP contribution in [0.5, 0.6) is 5.75 Å². The van der Waals surface area contributed by atoms with Crippen LogP contribution in [-0.2, 0) is 0 Å². The maximum atomic E-state index is 13.2. The fourth-order valence-electron chi connectivity index (χ4n) is 1.96. The van der Waals surface area contributed by atoms with Gasteiger partial charge < -0.3 is 15.8 Å². The lowest BCUT2D eigenvalue weighted by atomic mass is 10.1. The van der Waals surface area contributed by atoms with E-state index in [9.17, 15) is 9.18 Å². The average Bonchev–Trinajstić information content (AvgIpc) is 2.53. The number of aryl methyl sites for hydroxylation is 1. The Labute approximate surface area is 129 Å². The van der Waals surface area contributed by atoms with E-state index in [1.165, 1.54) is 18.2 Å². The fraction of sp³-hybridized carbons (Fsp3) is 0.235. The first kappa shape index (κ1) is 16.0. The van der Waals surface area contributed by atoms with Crippen molar-refractivity contribution >= 4 is 11.5 Å². The van der Waals surface area contributed by atoms with E-state index in [1.807, 2.05) is 12.1 Å². The Hall–Kier alpha value is -2.40. The number of hydrogen-bond donors (Lipinski definition) is 2. The number of ether oxygens (including phenoxy) is 1. The van der Waals surface area contributed by atoms with Crippen LogP contribution in [0.3, 0.4) is 0 Å². The predicted molar refractivity (Wildman–Crippen MR) is 84.9 cm³/mol. The molecule has 2 aromatic carbocycles. The topological polar surface area (TPSA) is 64.3 Å². The van der Waals surface area contributed by atoms with Crippen molar-refractivity contribution in [3.63, 3.8) is 0 Å². The maximum Gasteiger partial charge on any atom is 0.200 e. The van der Waals surface area contributed by atoms with E-state index in [0.29, 0.717) is 30.0 Å². The van der Waals surface area contributed by atoms with Crippen LogP contribution in [0.2, 0.25) is 0 Å². The third-order valence-electron chi connectivity index (χ3n) is 3.16. The SMILES string of the molecule is Cc1cc(C(=O)COc2cccc(NCCN)c2)ccc1F. The molecule has 3 N–H and O–H groups in total. The number of ketones is 1. The molecule has 0 amide bonds. The van der Waals surface area contributed by atoms with E-state index < -0.39 is 0 Å². The predicted octanol–water partition coefficient (Wildman–Crippen LogP) is 2.77. The summed E-state index contributed by atoms with van der Waals surface area (Å²) in [6.45, 7) is 2.73. The molecule has 4 nitrogen and oxygen atoms in total. The van der Waals surface area contributed by atoms with Gasteiger partial charge in [-0.25, -0.2) is 4.39 Å². The van der Waals surface area contributed by atoms with E-state index in [2.05, 4.69) is 5.32 Å². The molecule has 0 aromatic heterocycles. The zero-order chi connectivity index (χ0) is 15.9. The van der Waals surface area contributed by atoms with Crippen molar-refractivity contribution in [3.8, 4) is 5.75 Å². The van der Waals surface area contributed by atoms with Gasteiger partial charge in [-0.2, -0.15) is 0 Å². The fourth-order valence-corrected chi connectivity index (χ4v) is 1.96. The molecule has 0 spiro atoms. The highest BCUT2D eigenvalue weighted by atomic mass is 19.1. The molecular weight excluding hydrogens is 283 g/mol. The van der Waals surface area contributed by atoms with E-state index in [1.54, 1.807) is 19.1 Å². The summed E-state index contributed by atoms with van der Waals surface area (Å²) >= 11 is 0. The number of hydrogen-bond acceptors (Lipinski definition) is 4. The summed E-state index contributed by atoms with van der Waals surface area (Å²) in [4.78, 5) is 12.1. The Balaban J connectivity index is 1.97. The monoisotopic (exact) mass is 302 g/mol. The summed E-state index contributed by atoms with van der Waals surface area (Å²) in [6.07, 6.45) is 0. The second-order valence-electron chi connectivity index (χ2n) is 4.92. The summed E-state index contributed by atoms with van der Waals surface area (Å²) in [5.74, 6) is 0.0776. The summed E-state index contributed by atoms with van der Waals surface area (Å²) in [5, 5.41) is 3.14. The van der Waals surface area contributed by atoms with Gasteiger partial charge in [0.05, 0.1) is 0 Å². The normalized spacial score (nSPS) is 10.3. The van der Waals surface area contributed by atoms with Gasteiger partial charge in [-0.05, 0) is 42.8 Å². The van der Waals surface area contributed by atoms with Gasteiger partial charge in [0.25, 0.3) is 0 Å². The van der Waals surface area contributed by atoms with E-state index >= 15 is 0 Å². The Morgan fingerprint density at radius 3 is 2.82 bits per heavy atom. The third-order valence-corrected chi connectivity index (χ3v) is 3.16. The quantitative estimate of drug-likeness (QED) is 0.772. The van der Waals surface area contributed by atoms with Crippen molar-refractivity contribution in [2.75, 3.05) is 25.0 Å². The number of carbonyl (C=O) groups is 1. The number of nitrogens with one attached hydrogen (secondary N) is 1. The molecule has 0 saturated heterocycles. The molecule has 2 aromatic rings. The van der Waals surface area contributed by atoms with Gasteiger partial charge in [0.1, 0.15) is 11.6 Å². The third kappa shape index (κ3) is 4.30. The van der Waals surface area contributed by atoms with E-state index in [-0.39, 0.29) is 18.2 Å². The van der Waals surface area contributed by atoms with Crippen molar-refractivity contribution in [3.05, 3.63) is 59.4 Å². The molecule has 0 aliphatic rings. The molecule has 0 fully saturated rings. The Bertz CT molecular complexity index is 659. The molecule has 0 heterocycles. The van der Waals surface area contributed by atoms with Gasteiger partial charge >= 0.3 is 0 Å². The van der Waals surface area contributed by atoms with Gasteiger partial charge in [0.15, 0.2) is 12.4 Å². The molecule has 0 atom stereocenters. The molecule has 0 aliphatic carbocycles. The second kappa shape index (κ2) is 7.56. The van der Waals surface area contributed by atoms with Crippen LogP contribution in [0, 0.1) is 12.7 Å². The lowest BCUT2D eigenvalue weighted by molar-refractivity contribution is 0.0921. The van der Waals surface area contributed by atoms with Crippen LogP contribution in [0.15, 0.2) is 42.5 Å². The molecular formula is C17H19FN2O2.